The number of β-amino-alcohol motifs (C(OH)–C–C–N with tert-alkyl or cyclic N) is 1. The first-order valence-electron chi connectivity index (χ1n) is 9.00. The fraction of sp³-hybridized carbons (Fsp3) is 0.333. The van der Waals surface area contributed by atoms with E-state index in [1.165, 1.54) is 30.5 Å². The first-order valence-corrected chi connectivity index (χ1v) is 9.00. The van der Waals surface area contributed by atoms with Gasteiger partial charge in [0.05, 0.1) is 20.3 Å². The molecule has 6 heteroatoms. The zero-order valence-electron chi connectivity index (χ0n) is 15.5. The van der Waals surface area contributed by atoms with Crippen LogP contribution in [0.1, 0.15) is 22.9 Å². The van der Waals surface area contributed by atoms with E-state index in [1.807, 2.05) is 18.2 Å². The molecule has 2 aromatic carbocycles. The Morgan fingerprint density at radius 1 is 1.19 bits per heavy atom. The van der Waals surface area contributed by atoms with E-state index < -0.39 is 6.10 Å². The van der Waals surface area contributed by atoms with Gasteiger partial charge in [-0.2, -0.15) is 0 Å². The summed E-state index contributed by atoms with van der Waals surface area (Å²) in [5, 5.41) is 11.8. The highest BCUT2D eigenvalue weighted by Crippen LogP contribution is 2.32. The smallest absolute Gasteiger partial charge is 0.124 e. The van der Waals surface area contributed by atoms with Crippen molar-refractivity contribution in [1.29, 1.82) is 0 Å². The molecule has 0 saturated heterocycles. The number of H-pyrrole nitrogens is 1. The van der Waals surface area contributed by atoms with Crippen molar-refractivity contribution in [2.75, 3.05) is 27.3 Å². The molecular formula is C21H23FN2O3. The zero-order valence-corrected chi connectivity index (χ0v) is 15.5. The fourth-order valence-corrected chi connectivity index (χ4v) is 3.84. The van der Waals surface area contributed by atoms with E-state index in [-0.39, 0.29) is 5.82 Å². The first-order chi connectivity index (χ1) is 13.1. The Bertz CT molecular complexity index is 969. The van der Waals surface area contributed by atoms with Crippen LogP contribution in [0.5, 0.6) is 11.5 Å². The van der Waals surface area contributed by atoms with Crippen LogP contribution in [0, 0.1) is 5.82 Å². The van der Waals surface area contributed by atoms with Gasteiger partial charge in [0.2, 0.25) is 0 Å². The highest BCUT2D eigenvalue weighted by Gasteiger charge is 2.24. The number of aromatic nitrogens is 1. The molecule has 0 unspecified atom stereocenters. The van der Waals surface area contributed by atoms with Gasteiger partial charge in [-0.05, 0) is 42.0 Å². The molecule has 0 amide bonds. The molecule has 142 valence electrons. The van der Waals surface area contributed by atoms with Crippen molar-refractivity contribution in [3.8, 4) is 11.5 Å². The largest absolute Gasteiger partial charge is 0.497 e. The van der Waals surface area contributed by atoms with Crippen LogP contribution in [-0.4, -0.2) is 42.3 Å². The van der Waals surface area contributed by atoms with Gasteiger partial charge in [-0.1, -0.05) is 0 Å². The van der Waals surface area contributed by atoms with Crippen molar-refractivity contribution in [3.63, 3.8) is 0 Å². The van der Waals surface area contributed by atoms with Crippen LogP contribution in [0.25, 0.3) is 10.9 Å². The van der Waals surface area contributed by atoms with Crippen LogP contribution in [0.3, 0.4) is 0 Å². The van der Waals surface area contributed by atoms with Crippen molar-refractivity contribution >= 4 is 10.9 Å². The van der Waals surface area contributed by atoms with Crippen LogP contribution in [-0.2, 0) is 13.0 Å². The van der Waals surface area contributed by atoms with Crippen LogP contribution < -0.4 is 9.47 Å². The average molecular weight is 370 g/mol. The minimum absolute atomic E-state index is 0.380. The van der Waals surface area contributed by atoms with Crippen molar-refractivity contribution in [2.24, 2.45) is 0 Å². The molecule has 0 fully saturated rings. The van der Waals surface area contributed by atoms with Crippen LogP contribution in [0.2, 0.25) is 0 Å². The predicted molar refractivity (Wildman–Crippen MR) is 102 cm³/mol. The summed E-state index contributed by atoms with van der Waals surface area (Å²) in [6, 6.07) is 10.2. The quantitative estimate of drug-likeness (QED) is 0.723. The number of ether oxygens (including phenoxy) is 2. The molecule has 4 rings (SSSR count). The van der Waals surface area contributed by atoms with E-state index in [0.29, 0.717) is 17.9 Å². The molecular weight excluding hydrogens is 347 g/mol. The Balaban J connectivity index is 1.57. The molecule has 0 bridgehead atoms. The standard InChI is InChI=1S/C21H23FN2O3/c1-26-14-4-5-18-15(10-14)17-11-24(8-7-19(17)23-18)12-20(25)16-9-13(22)3-6-21(16)27-2/h3-6,9-10,20,23,25H,7-8,11-12H2,1-2H3/t20-/m1/s1. The Hall–Kier alpha value is -2.57. The highest BCUT2D eigenvalue weighted by atomic mass is 19.1. The van der Waals surface area contributed by atoms with Crippen molar-refractivity contribution in [2.45, 2.75) is 19.1 Å². The number of aromatic amines is 1. The van der Waals surface area contributed by atoms with Crippen molar-refractivity contribution < 1.29 is 19.0 Å². The number of nitrogens with one attached hydrogen (secondary N) is 1. The topological polar surface area (TPSA) is 57.7 Å². The minimum atomic E-state index is -0.822. The number of hydrogen-bond donors (Lipinski definition) is 2. The highest BCUT2D eigenvalue weighted by molar-refractivity contribution is 5.86. The summed E-state index contributed by atoms with van der Waals surface area (Å²) in [5.74, 6) is 0.943. The van der Waals surface area contributed by atoms with Gasteiger partial charge in [-0.15, -0.1) is 0 Å². The van der Waals surface area contributed by atoms with E-state index in [0.717, 1.165) is 36.2 Å². The molecule has 0 spiro atoms. The Morgan fingerprint density at radius 3 is 2.81 bits per heavy atom. The number of rotatable bonds is 5. The van der Waals surface area contributed by atoms with Gasteiger partial charge in [-0.3, -0.25) is 4.90 Å². The SMILES string of the molecule is COc1ccc2[nH]c3c(c2c1)CN(C[C@@H](O)c1cc(F)ccc1OC)CC3. The third kappa shape index (κ3) is 3.38. The van der Waals surface area contributed by atoms with E-state index in [9.17, 15) is 9.50 Å². The number of nitrogens with zero attached hydrogens (tertiary/aromatic N) is 1. The summed E-state index contributed by atoms with van der Waals surface area (Å²) in [6.45, 7) is 1.96. The second-order valence-corrected chi connectivity index (χ2v) is 6.88. The van der Waals surface area contributed by atoms with Gasteiger partial charge in [0.25, 0.3) is 0 Å². The second kappa shape index (κ2) is 7.21. The molecule has 3 aromatic rings. The number of aliphatic hydroxyl groups excluding tert-OH is 1. The summed E-state index contributed by atoms with van der Waals surface area (Å²) in [6.07, 6.45) is 0.0521. The summed E-state index contributed by atoms with van der Waals surface area (Å²) in [4.78, 5) is 5.67. The van der Waals surface area contributed by atoms with Crippen molar-refractivity contribution in [1.82, 2.24) is 9.88 Å². The van der Waals surface area contributed by atoms with Gasteiger partial charge in [0, 0.05) is 48.2 Å². The van der Waals surface area contributed by atoms with E-state index in [2.05, 4.69) is 9.88 Å². The summed E-state index contributed by atoms with van der Waals surface area (Å²) < 4.78 is 24.3. The molecule has 2 N–H and O–H groups in total. The van der Waals surface area contributed by atoms with Gasteiger partial charge in [0.1, 0.15) is 17.3 Å². The summed E-state index contributed by atoms with van der Waals surface area (Å²) in [7, 11) is 3.19. The van der Waals surface area contributed by atoms with Crippen LogP contribution >= 0.6 is 0 Å². The van der Waals surface area contributed by atoms with E-state index in [1.54, 1.807) is 13.2 Å². The lowest BCUT2D eigenvalue weighted by atomic mass is 10.0. The molecule has 0 saturated carbocycles. The maximum atomic E-state index is 13.6. The summed E-state index contributed by atoms with van der Waals surface area (Å²) in [5.41, 5.74) is 4.03. The number of methoxy groups -OCH3 is 2. The molecule has 0 radical (unpaired) electrons. The third-order valence-electron chi connectivity index (χ3n) is 5.24. The number of halogens is 1. The Morgan fingerprint density at radius 2 is 2.04 bits per heavy atom. The maximum Gasteiger partial charge on any atom is 0.124 e. The summed E-state index contributed by atoms with van der Waals surface area (Å²) >= 11 is 0. The molecule has 1 aliphatic rings. The monoisotopic (exact) mass is 370 g/mol. The molecule has 27 heavy (non-hydrogen) atoms. The number of benzene rings is 2. The van der Waals surface area contributed by atoms with Gasteiger partial charge in [0.15, 0.2) is 0 Å². The average Bonchev–Trinajstić information content (AvgIpc) is 3.05. The van der Waals surface area contributed by atoms with Crippen LogP contribution in [0.4, 0.5) is 4.39 Å². The zero-order chi connectivity index (χ0) is 19.0. The first kappa shape index (κ1) is 17.8. The molecule has 5 nitrogen and oxygen atoms in total. The Kier molecular flexibility index (Phi) is 4.76. The second-order valence-electron chi connectivity index (χ2n) is 6.88. The maximum absolute atomic E-state index is 13.6. The molecule has 2 heterocycles. The van der Waals surface area contributed by atoms with Gasteiger partial charge < -0.3 is 19.6 Å². The third-order valence-corrected chi connectivity index (χ3v) is 5.24. The Labute approximate surface area is 157 Å². The molecule has 1 aliphatic heterocycles. The minimum Gasteiger partial charge on any atom is -0.497 e. The van der Waals surface area contributed by atoms with Crippen molar-refractivity contribution in [3.05, 3.63) is 59.0 Å². The lowest BCUT2D eigenvalue weighted by molar-refractivity contribution is 0.103. The van der Waals surface area contributed by atoms with E-state index >= 15 is 0 Å². The lowest BCUT2D eigenvalue weighted by Gasteiger charge is -2.29. The van der Waals surface area contributed by atoms with Crippen LogP contribution in [0.15, 0.2) is 36.4 Å². The number of fused-ring (bicyclic) bond motifs is 3. The fourth-order valence-electron chi connectivity index (χ4n) is 3.84. The predicted octanol–water partition coefficient (Wildman–Crippen LogP) is 3.42. The molecule has 1 atom stereocenters. The lowest BCUT2D eigenvalue weighted by Crippen LogP contribution is -2.34. The molecule has 1 aromatic heterocycles. The normalized spacial score (nSPS) is 15.6. The molecule has 0 aliphatic carbocycles. The van der Waals surface area contributed by atoms with Gasteiger partial charge >= 0.3 is 0 Å². The number of hydrogen-bond acceptors (Lipinski definition) is 4. The van der Waals surface area contributed by atoms with E-state index in [4.69, 9.17) is 9.47 Å². The number of aliphatic hydroxyl groups is 1. The van der Waals surface area contributed by atoms with Gasteiger partial charge in [-0.25, -0.2) is 4.39 Å².